The lowest BCUT2D eigenvalue weighted by Gasteiger charge is -2.22. The van der Waals surface area contributed by atoms with E-state index in [1.165, 1.54) is 29.3 Å². The van der Waals surface area contributed by atoms with Gasteiger partial charge in [0.05, 0.1) is 23.1 Å². The summed E-state index contributed by atoms with van der Waals surface area (Å²) >= 11 is 24.9. The number of nitrogens with one attached hydrogen (secondary N) is 2. The number of thiazole rings is 1. The van der Waals surface area contributed by atoms with Crippen molar-refractivity contribution < 1.29 is 14.6 Å². The number of guanidine groups is 1. The molecule has 206 valence electrons. The van der Waals surface area contributed by atoms with Gasteiger partial charge in [0.15, 0.2) is 15.2 Å². The largest absolute Gasteiger partial charge is 0.489 e. The Hall–Kier alpha value is -2.84. The summed E-state index contributed by atoms with van der Waals surface area (Å²) in [6, 6.07) is 2.97. The lowest BCUT2D eigenvalue weighted by atomic mass is 10.3. The number of nitro groups is 1. The van der Waals surface area contributed by atoms with Crippen LogP contribution in [0.2, 0.25) is 19.5 Å². The van der Waals surface area contributed by atoms with Crippen LogP contribution >= 0.6 is 57.7 Å². The third-order valence-corrected chi connectivity index (χ3v) is 6.33. The van der Waals surface area contributed by atoms with Gasteiger partial charge in [-0.1, -0.05) is 53.3 Å². The van der Waals surface area contributed by atoms with Crippen LogP contribution in [0.15, 0.2) is 42.2 Å². The Kier molecular flexibility index (Phi) is 13.4. The monoisotopic (exact) mass is 624 g/mol. The molecule has 1 aromatic carbocycles. The maximum absolute atomic E-state index is 12.3. The lowest BCUT2D eigenvalue weighted by molar-refractivity contribution is -0.485. The molecule has 0 unspecified atom stereocenters. The van der Waals surface area contributed by atoms with Crippen molar-refractivity contribution in [1.82, 2.24) is 30.1 Å². The molecule has 2 N–H and O–H groups in total. The van der Waals surface area contributed by atoms with E-state index in [0.29, 0.717) is 44.9 Å². The standard InChI is InChI=1S/C15H16Cl3N3O2.C6H8ClN5O2S/c1-2-4-20(15(22)21-5-3-19-10-21)6-7-23-14-12(17)8-11(16)9-13(14)18;1-8-6(11-12(13)14)10-3-4-2-9-5(7)15-4/h3,5,8-10H,2,4,6-7H2,1H3;2H,3H2,1H3,(H2,8,10,11). The highest BCUT2D eigenvalue weighted by Gasteiger charge is 2.15. The lowest BCUT2D eigenvalue weighted by Crippen LogP contribution is -2.37. The number of halogens is 4. The van der Waals surface area contributed by atoms with Crippen molar-refractivity contribution in [2.75, 3.05) is 26.7 Å². The predicted molar refractivity (Wildman–Crippen MR) is 149 cm³/mol. The van der Waals surface area contributed by atoms with Crippen LogP contribution in [-0.2, 0) is 6.54 Å². The molecular weight excluding hydrogens is 602 g/mol. The van der Waals surface area contributed by atoms with Gasteiger partial charge in [-0.25, -0.2) is 24.9 Å². The second-order valence-corrected chi connectivity index (χ2v) is 10.1. The van der Waals surface area contributed by atoms with Crippen molar-refractivity contribution in [3.63, 3.8) is 0 Å². The molecule has 0 aliphatic heterocycles. The normalized spacial score (nSPS) is 10.8. The van der Waals surface area contributed by atoms with E-state index in [4.69, 9.17) is 51.1 Å². The Morgan fingerprint density at radius 3 is 2.50 bits per heavy atom. The van der Waals surface area contributed by atoms with Crippen molar-refractivity contribution in [3.8, 4) is 5.75 Å². The molecular formula is C21H24Cl4N8O4S. The number of hydrazone groups is 1. The van der Waals surface area contributed by atoms with Crippen LogP contribution in [0.5, 0.6) is 5.75 Å². The number of benzene rings is 1. The van der Waals surface area contributed by atoms with E-state index < -0.39 is 5.03 Å². The maximum Gasteiger partial charge on any atom is 0.329 e. The van der Waals surface area contributed by atoms with Crippen LogP contribution in [0, 0.1) is 10.1 Å². The topological polar surface area (TPSA) is 140 Å². The molecule has 0 bridgehead atoms. The number of hydrogen-bond donors (Lipinski definition) is 2. The van der Waals surface area contributed by atoms with Gasteiger partial charge in [-0.15, -0.1) is 11.3 Å². The van der Waals surface area contributed by atoms with Gasteiger partial charge in [-0.2, -0.15) is 0 Å². The summed E-state index contributed by atoms with van der Waals surface area (Å²) in [5.74, 6) is 0.453. The van der Waals surface area contributed by atoms with Gasteiger partial charge in [0, 0.05) is 42.1 Å². The molecule has 0 aliphatic carbocycles. The van der Waals surface area contributed by atoms with E-state index in [0.717, 1.165) is 11.3 Å². The van der Waals surface area contributed by atoms with Crippen LogP contribution in [0.3, 0.4) is 0 Å². The van der Waals surface area contributed by atoms with Crippen LogP contribution in [0.1, 0.15) is 18.2 Å². The number of hydrogen-bond acceptors (Lipinski definition) is 7. The fourth-order valence-electron chi connectivity index (χ4n) is 2.82. The number of ether oxygens (including phenoxy) is 1. The first-order valence-electron chi connectivity index (χ1n) is 10.9. The van der Waals surface area contributed by atoms with Gasteiger partial charge in [0.25, 0.3) is 5.96 Å². The Morgan fingerprint density at radius 2 is 1.97 bits per heavy atom. The van der Waals surface area contributed by atoms with E-state index in [1.807, 2.05) is 6.92 Å². The molecule has 0 atom stereocenters. The van der Waals surface area contributed by atoms with Gasteiger partial charge < -0.3 is 20.3 Å². The van der Waals surface area contributed by atoms with Crippen LogP contribution in [0.4, 0.5) is 4.79 Å². The average molecular weight is 626 g/mol. The van der Waals surface area contributed by atoms with Gasteiger partial charge in [0.2, 0.25) is 0 Å². The number of carbonyl (C=O) groups is 1. The summed E-state index contributed by atoms with van der Waals surface area (Å²) in [5.41, 5.74) is 0. The summed E-state index contributed by atoms with van der Waals surface area (Å²) in [6.45, 7) is 3.67. The van der Waals surface area contributed by atoms with E-state index in [2.05, 4.69) is 25.7 Å². The Balaban J connectivity index is 0.000000293. The van der Waals surface area contributed by atoms with Gasteiger partial charge in [-0.05, 0) is 18.6 Å². The van der Waals surface area contributed by atoms with E-state index >= 15 is 0 Å². The van der Waals surface area contributed by atoms with E-state index in [-0.39, 0.29) is 18.6 Å². The summed E-state index contributed by atoms with van der Waals surface area (Å²) in [6.07, 6.45) is 7.08. The molecule has 1 amide bonds. The zero-order chi connectivity index (χ0) is 28.1. The summed E-state index contributed by atoms with van der Waals surface area (Å²) in [7, 11) is 1.54. The molecule has 0 saturated heterocycles. The number of nitrogens with zero attached hydrogens (tertiary/aromatic N) is 6. The maximum atomic E-state index is 12.3. The number of imidazole rings is 1. The predicted octanol–water partition coefficient (Wildman–Crippen LogP) is 5.26. The van der Waals surface area contributed by atoms with Crippen molar-refractivity contribution in [2.45, 2.75) is 19.9 Å². The molecule has 0 saturated carbocycles. The molecule has 3 aromatic rings. The minimum absolute atomic E-state index is 0.0875. The minimum atomic E-state index is -0.779. The van der Waals surface area contributed by atoms with Crippen LogP contribution in [-0.4, -0.2) is 63.2 Å². The molecule has 3 rings (SSSR count). The fraction of sp³-hybridized carbons (Fsp3) is 0.333. The summed E-state index contributed by atoms with van der Waals surface area (Å²) < 4.78 is 7.49. The molecule has 38 heavy (non-hydrogen) atoms. The zero-order valence-electron chi connectivity index (χ0n) is 20.2. The van der Waals surface area contributed by atoms with Crippen molar-refractivity contribution in [2.24, 2.45) is 5.10 Å². The fourth-order valence-corrected chi connectivity index (χ4v) is 4.67. The summed E-state index contributed by atoms with van der Waals surface area (Å²) in [5, 5.41) is 18.8. The average Bonchev–Trinajstić information content (AvgIpc) is 3.54. The highest BCUT2D eigenvalue weighted by Crippen LogP contribution is 2.35. The highest BCUT2D eigenvalue weighted by atomic mass is 35.5. The Morgan fingerprint density at radius 1 is 1.26 bits per heavy atom. The first-order chi connectivity index (χ1) is 18.1. The van der Waals surface area contributed by atoms with E-state index in [9.17, 15) is 14.9 Å². The van der Waals surface area contributed by atoms with Gasteiger partial charge in [0.1, 0.15) is 18.0 Å². The third kappa shape index (κ3) is 10.5. The van der Waals surface area contributed by atoms with Crippen molar-refractivity contribution >= 4 is 69.7 Å². The summed E-state index contributed by atoms with van der Waals surface area (Å²) in [4.78, 5) is 32.7. The molecule has 0 spiro atoms. The number of rotatable bonds is 9. The first-order valence-corrected chi connectivity index (χ1v) is 13.3. The third-order valence-electron chi connectivity index (χ3n) is 4.43. The highest BCUT2D eigenvalue weighted by molar-refractivity contribution is 7.15. The molecule has 2 aromatic heterocycles. The molecule has 12 nitrogen and oxygen atoms in total. The zero-order valence-corrected chi connectivity index (χ0v) is 24.1. The molecule has 0 fully saturated rings. The first kappa shape index (κ1) is 31.4. The second kappa shape index (κ2) is 16.2. The van der Waals surface area contributed by atoms with Gasteiger partial charge >= 0.3 is 6.03 Å². The Bertz CT molecular complexity index is 1200. The minimum Gasteiger partial charge on any atom is -0.489 e. The van der Waals surface area contributed by atoms with Crippen molar-refractivity contribution in [3.05, 3.63) is 71.6 Å². The number of carbonyl (C=O) groups excluding carboxylic acids is 1. The number of aromatic nitrogens is 3. The Labute approximate surface area is 242 Å². The van der Waals surface area contributed by atoms with Crippen molar-refractivity contribution in [1.29, 1.82) is 0 Å². The quantitative estimate of drug-likeness (QED) is 0.142. The molecule has 0 aliphatic rings. The smallest absolute Gasteiger partial charge is 0.329 e. The second-order valence-electron chi connectivity index (χ2n) is 7.16. The molecule has 0 radical (unpaired) electrons. The number of amides is 1. The van der Waals surface area contributed by atoms with Gasteiger partial charge in [-0.3, -0.25) is 4.57 Å². The SMILES string of the molecule is CCCN(CCOc1c(Cl)cc(Cl)cc1Cl)C(=O)n1ccnc1.CN/C(=N\[N+](=O)[O-])NCc1cnc(Cl)s1. The molecule has 2 heterocycles. The van der Waals surface area contributed by atoms with E-state index in [1.54, 1.807) is 35.6 Å². The molecule has 17 heteroatoms. The van der Waals surface area contributed by atoms with Crippen LogP contribution in [0.25, 0.3) is 0 Å². The van der Waals surface area contributed by atoms with Crippen LogP contribution < -0.4 is 15.4 Å².